The minimum atomic E-state index is -0.955. The number of anilines is 1. The van der Waals surface area contributed by atoms with Gasteiger partial charge in [0.2, 0.25) is 0 Å². The summed E-state index contributed by atoms with van der Waals surface area (Å²) in [5.41, 5.74) is 3.47. The highest BCUT2D eigenvalue weighted by atomic mass is 35.5. The van der Waals surface area contributed by atoms with E-state index in [-0.39, 0.29) is 12.2 Å². The van der Waals surface area contributed by atoms with E-state index >= 15 is 0 Å². The third-order valence-electron chi connectivity index (χ3n) is 4.40. The third-order valence-corrected chi connectivity index (χ3v) is 5.34. The standard InChI is InChI=1S/C22H18Cl3NO3/c1-13-9-14(22(27)28)5-7-20(13)26-11-15-10-16(23)6-8-21(15)29-12-17-18(24)3-2-4-19(17)25/h2-10,26H,11-12H2,1H3,(H,27,28). The minimum Gasteiger partial charge on any atom is -0.488 e. The van der Waals surface area contributed by atoms with Crippen molar-refractivity contribution in [2.45, 2.75) is 20.1 Å². The second-order valence-corrected chi connectivity index (χ2v) is 7.68. The molecular formula is C22H18Cl3NO3. The Morgan fingerprint density at radius 2 is 1.76 bits per heavy atom. The number of aromatic carboxylic acids is 1. The van der Waals surface area contributed by atoms with Crippen LogP contribution < -0.4 is 10.1 Å². The van der Waals surface area contributed by atoms with E-state index in [0.29, 0.717) is 32.9 Å². The quantitative estimate of drug-likeness (QED) is 0.413. The van der Waals surface area contributed by atoms with Crippen LogP contribution in [0.5, 0.6) is 5.75 Å². The van der Waals surface area contributed by atoms with Crippen molar-refractivity contribution in [3.8, 4) is 5.75 Å². The number of hydrogen-bond donors (Lipinski definition) is 2. The first-order valence-corrected chi connectivity index (χ1v) is 9.90. The summed E-state index contributed by atoms with van der Waals surface area (Å²) < 4.78 is 5.96. The first kappa shape index (κ1) is 21.3. The molecule has 0 atom stereocenters. The van der Waals surface area contributed by atoms with Crippen LogP contribution in [0.3, 0.4) is 0 Å². The van der Waals surface area contributed by atoms with Crippen molar-refractivity contribution in [3.63, 3.8) is 0 Å². The Hall–Kier alpha value is -2.40. The topological polar surface area (TPSA) is 58.6 Å². The minimum absolute atomic E-state index is 0.222. The largest absolute Gasteiger partial charge is 0.488 e. The van der Waals surface area contributed by atoms with Crippen LogP contribution in [0.4, 0.5) is 5.69 Å². The molecule has 0 unspecified atom stereocenters. The van der Waals surface area contributed by atoms with Crippen molar-refractivity contribution in [1.29, 1.82) is 0 Å². The molecule has 0 aliphatic heterocycles. The number of carbonyl (C=O) groups is 1. The molecule has 0 aliphatic rings. The molecule has 4 nitrogen and oxygen atoms in total. The molecule has 3 rings (SSSR count). The molecule has 0 amide bonds. The van der Waals surface area contributed by atoms with Crippen LogP contribution in [-0.4, -0.2) is 11.1 Å². The fraction of sp³-hybridized carbons (Fsp3) is 0.136. The van der Waals surface area contributed by atoms with E-state index in [9.17, 15) is 4.79 Å². The Morgan fingerprint density at radius 3 is 2.41 bits per heavy atom. The Balaban J connectivity index is 1.76. The molecule has 0 saturated heterocycles. The molecule has 29 heavy (non-hydrogen) atoms. The third kappa shape index (κ3) is 5.36. The molecule has 0 saturated carbocycles. The highest BCUT2D eigenvalue weighted by Crippen LogP contribution is 2.29. The number of benzene rings is 3. The lowest BCUT2D eigenvalue weighted by Gasteiger charge is -2.15. The summed E-state index contributed by atoms with van der Waals surface area (Å²) in [4.78, 5) is 11.1. The summed E-state index contributed by atoms with van der Waals surface area (Å²) in [5.74, 6) is -0.305. The van der Waals surface area contributed by atoms with Crippen LogP contribution in [0.25, 0.3) is 0 Å². The van der Waals surface area contributed by atoms with Crippen molar-refractivity contribution in [2.24, 2.45) is 0 Å². The van der Waals surface area contributed by atoms with Crippen molar-refractivity contribution in [3.05, 3.63) is 91.9 Å². The highest BCUT2D eigenvalue weighted by molar-refractivity contribution is 6.36. The summed E-state index contributed by atoms with van der Waals surface area (Å²) >= 11 is 18.6. The van der Waals surface area contributed by atoms with Crippen LogP contribution in [0, 0.1) is 6.92 Å². The second kappa shape index (κ2) is 9.40. The van der Waals surface area contributed by atoms with Gasteiger partial charge in [-0.3, -0.25) is 0 Å². The van der Waals surface area contributed by atoms with Gasteiger partial charge in [-0.25, -0.2) is 4.79 Å². The van der Waals surface area contributed by atoms with Gasteiger partial charge in [0.25, 0.3) is 0 Å². The molecule has 2 N–H and O–H groups in total. The SMILES string of the molecule is Cc1cc(C(=O)O)ccc1NCc1cc(Cl)ccc1OCc1c(Cl)cccc1Cl. The maximum atomic E-state index is 11.1. The number of carboxylic acid groups (broad SMARTS) is 1. The second-order valence-electron chi connectivity index (χ2n) is 6.43. The molecule has 0 radical (unpaired) electrons. The smallest absolute Gasteiger partial charge is 0.335 e. The highest BCUT2D eigenvalue weighted by Gasteiger charge is 2.11. The van der Waals surface area contributed by atoms with Gasteiger partial charge in [-0.2, -0.15) is 0 Å². The van der Waals surface area contributed by atoms with E-state index in [1.165, 1.54) is 0 Å². The Kier molecular flexibility index (Phi) is 6.91. The Morgan fingerprint density at radius 1 is 1.03 bits per heavy atom. The van der Waals surface area contributed by atoms with Crippen LogP contribution in [0.15, 0.2) is 54.6 Å². The van der Waals surface area contributed by atoms with E-state index in [4.69, 9.17) is 44.6 Å². The van der Waals surface area contributed by atoms with E-state index in [1.54, 1.807) is 48.5 Å². The Labute approximate surface area is 184 Å². The van der Waals surface area contributed by atoms with Crippen LogP contribution in [-0.2, 0) is 13.2 Å². The zero-order valence-corrected chi connectivity index (χ0v) is 17.8. The maximum absolute atomic E-state index is 11.1. The van der Waals surface area contributed by atoms with Gasteiger partial charge in [0.05, 0.1) is 5.56 Å². The summed E-state index contributed by atoms with van der Waals surface area (Å²) in [6, 6.07) is 15.6. The maximum Gasteiger partial charge on any atom is 0.335 e. The molecule has 0 fully saturated rings. The summed E-state index contributed by atoms with van der Waals surface area (Å²) in [6.07, 6.45) is 0. The van der Waals surface area contributed by atoms with Gasteiger partial charge in [-0.15, -0.1) is 0 Å². The fourth-order valence-corrected chi connectivity index (χ4v) is 3.53. The Bertz CT molecular complexity index is 1030. The van der Waals surface area contributed by atoms with Crippen LogP contribution >= 0.6 is 34.8 Å². The van der Waals surface area contributed by atoms with Gasteiger partial charge in [0, 0.05) is 38.4 Å². The molecule has 150 valence electrons. The van der Waals surface area contributed by atoms with Crippen LogP contribution in [0.1, 0.15) is 27.0 Å². The molecule has 3 aromatic carbocycles. The molecule has 0 aliphatic carbocycles. The number of aryl methyl sites for hydroxylation is 1. The summed E-state index contributed by atoms with van der Waals surface area (Å²) in [7, 11) is 0. The lowest BCUT2D eigenvalue weighted by Crippen LogP contribution is -2.06. The number of halogens is 3. The normalized spacial score (nSPS) is 10.6. The average molecular weight is 451 g/mol. The number of hydrogen-bond acceptors (Lipinski definition) is 3. The first-order valence-electron chi connectivity index (χ1n) is 8.77. The average Bonchev–Trinajstić information content (AvgIpc) is 2.67. The van der Waals surface area contributed by atoms with Gasteiger partial charge in [0.15, 0.2) is 0 Å². The predicted octanol–water partition coefficient (Wildman–Crippen LogP) is 6.84. The van der Waals surface area contributed by atoms with Crippen LogP contribution in [0.2, 0.25) is 15.1 Å². The number of ether oxygens (including phenoxy) is 1. The lowest BCUT2D eigenvalue weighted by atomic mass is 10.1. The summed E-state index contributed by atoms with van der Waals surface area (Å²) in [6.45, 7) is 2.52. The van der Waals surface area contributed by atoms with Crippen molar-refractivity contribution < 1.29 is 14.6 Å². The number of rotatable bonds is 7. The lowest BCUT2D eigenvalue weighted by molar-refractivity contribution is 0.0697. The van der Waals surface area contributed by atoms with Crippen molar-refractivity contribution in [1.82, 2.24) is 0 Å². The van der Waals surface area contributed by atoms with Gasteiger partial charge < -0.3 is 15.2 Å². The van der Waals surface area contributed by atoms with Gasteiger partial charge in [-0.1, -0.05) is 40.9 Å². The molecular weight excluding hydrogens is 433 g/mol. The monoisotopic (exact) mass is 449 g/mol. The molecule has 3 aromatic rings. The molecule has 7 heteroatoms. The van der Waals surface area contributed by atoms with E-state index in [1.807, 2.05) is 13.0 Å². The molecule has 0 aromatic heterocycles. The zero-order valence-electron chi connectivity index (χ0n) is 15.5. The summed E-state index contributed by atoms with van der Waals surface area (Å²) in [5, 5.41) is 14.1. The molecule has 0 spiro atoms. The number of carboxylic acids is 1. The number of nitrogens with one attached hydrogen (secondary N) is 1. The molecule has 0 heterocycles. The fourth-order valence-electron chi connectivity index (χ4n) is 2.83. The van der Waals surface area contributed by atoms with E-state index in [0.717, 1.165) is 16.8 Å². The van der Waals surface area contributed by atoms with Gasteiger partial charge in [0.1, 0.15) is 12.4 Å². The van der Waals surface area contributed by atoms with E-state index in [2.05, 4.69) is 5.32 Å². The first-order chi connectivity index (χ1) is 13.8. The van der Waals surface area contributed by atoms with E-state index < -0.39 is 5.97 Å². The predicted molar refractivity (Wildman–Crippen MR) is 118 cm³/mol. The zero-order chi connectivity index (χ0) is 21.0. The van der Waals surface area contributed by atoms with Gasteiger partial charge >= 0.3 is 5.97 Å². The van der Waals surface area contributed by atoms with Crippen molar-refractivity contribution in [2.75, 3.05) is 5.32 Å². The molecule has 0 bridgehead atoms. The van der Waals surface area contributed by atoms with Crippen molar-refractivity contribution >= 4 is 46.5 Å². The van der Waals surface area contributed by atoms with Gasteiger partial charge in [-0.05, 0) is 61.0 Å².